The molecule has 0 amide bonds. The largest absolute Gasteiger partial charge is 0.497 e. The maximum absolute atomic E-state index is 12.5. The predicted octanol–water partition coefficient (Wildman–Crippen LogP) is 1.53. The SMILES string of the molecule is COc1ccc(-c2noc3ncn(CCC(=O)O)c(=O)c23)cc1. The lowest BCUT2D eigenvalue weighted by Gasteiger charge is -2.03. The van der Waals surface area contributed by atoms with Crippen LogP contribution in [0.2, 0.25) is 0 Å². The Labute approximate surface area is 129 Å². The second kappa shape index (κ2) is 5.91. The van der Waals surface area contributed by atoms with Crippen molar-refractivity contribution < 1.29 is 19.2 Å². The summed E-state index contributed by atoms with van der Waals surface area (Å²) in [5.74, 6) is -0.309. The molecule has 0 saturated carbocycles. The fourth-order valence-corrected chi connectivity index (χ4v) is 2.20. The average Bonchev–Trinajstić information content (AvgIpc) is 2.99. The summed E-state index contributed by atoms with van der Waals surface area (Å²) in [6.07, 6.45) is 1.09. The van der Waals surface area contributed by atoms with Crippen LogP contribution in [-0.4, -0.2) is 32.9 Å². The molecule has 118 valence electrons. The van der Waals surface area contributed by atoms with E-state index in [9.17, 15) is 9.59 Å². The number of methoxy groups -OCH3 is 1. The molecular weight excluding hydrogens is 302 g/mol. The van der Waals surface area contributed by atoms with Crippen LogP contribution in [0.15, 0.2) is 39.9 Å². The van der Waals surface area contributed by atoms with Gasteiger partial charge in [0.2, 0.25) is 0 Å². The van der Waals surface area contributed by atoms with Crippen LogP contribution in [0.1, 0.15) is 6.42 Å². The summed E-state index contributed by atoms with van der Waals surface area (Å²) in [4.78, 5) is 27.2. The van der Waals surface area contributed by atoms with Gasteiger partial charge in [-0.25, -0.2) is 4.98 Å². The van der Waals surface area contributed by atoms with E-state index < -0.39 is 5.97 Å². The predicted molar refractivity (Wildman–Crippen MR) is 80.3 cm³/mol. The first-order valence-electron chi connectivity index (χ1n) is 6.81. The van der Waals surface area contributed by atoms with Crippen molar-refractivity contribution in [2.75, 3.05) is 7.11 Å². The highest BCUT2D eigenvalue weighted by Crippen LogP contribution is 2.26. The summed E-state index contributed by atoms with van der Waals surface area (Å²) in [6.45, 7) is 0.0321. The highest BCUT2D eigenvalue weighted by atomic mass is 16.5. The zero-order valence-electron chi connectivity index (χ0n) is 12.2. The minimum absolute atomic E-state index is 0.0321. The van der Waals surface area contributed by atoms with Gasteiger partial charge in [0.25, 0.3) is 11.3 Å². The molecule has 1 N–H and O–H groups in total. The number of hydrogen-bond acceptors (Lipinski definition) is 6. The van der Waals surface area contributed by atoms with Gasteiger partial charge in [-0.3, -0.25) is 14.2 Å². The number of aliphatic carboxylic acids is 1. The lowest BCUT2D eigenvalue weighted by atomic mass is 10.1. The van der Waals surface area contributed by atoms with Gasteiger partial charge in [-0.2, -0.15) is 0 Å². The van der Waals surface area contributed by atoms with E-state index in [0.29, 0.717) is 17.0 Å². The molecule has 0 aliphatic carbocycles. The van der Waals surface area contributed by atoms with Crippen molar-refractivity contribution >= 4 is 17.1 Å². The minimum atomic E-state index is -0.988. The zero-order valence-corrected chi connectivity index (χ0v) is 12.2. The third-order valence-corrected chi connectivity index (χ3v) is 3.39. The topological polar surface area (TPSA) is 107 Å². The van der Waals surface area contributed by atoms with Crippen molar-refractivity contribution in [2.45, 2.75) is 13.0 Å². The van der Waals surface area contributed by atoms with E-state index in [1.165, 1.54) is 10.9 Å². The molecule has 3 rings (SSSR count). The van der Waals surface area contributed by atoms with E-state index in [2.05, 4.69) is 10.1 Å². The molecule has 0 atom stereocenters. The molecule has 8 nitrogen and oxygen atoms in total. The molecule has 0 unspecified atom stereocenters. The van der Waals surface area contributed by atoms with Gasteiger partial charge in [-0.05, 0) is 24.3 Å². The number of aromatic nitrogens is 3. The normalized spacial score (nSPS) is 10.8. The van der Waals surface area contributed by atoms with Gasteiger partial charge in [-0.15, -0.1) is 0 Å². The first-order valence-corrected chi connectivity index (χ1v) is 6.81. The number of nitrogens with zero attached hydrogens (tertiary/aromatic N) is 3. The number of carboxylic acids is 1. The molecule has 3 aromatic rings. The van der Waals surface area contributed by atoms with E-state index in [1.54, 1.807) is 31.4 Å². The third-order valence-electron chi connectivity index (χ3n) is 3.39. The third kappa shape index (κ3) is 2.78. The monoisotopic (exact) mass is 315 g/mol. The van der Waals surface area contributed by atoms with Gasteiger partial charge in [0, 0.05) is 12.1 Å². The first-order chi connectivity index (χ1) is 11.1. The molecule has 1 aromatic carbocycles. The number of ether oxygens (including phenoxy) is 1. The Morgan fingerprint density at radius 3 is 2.74 bits per heavy atom. The molecular formula is C15H13N3O5. The van der Waals surface area contributed by atoms with Gasteiger partial charge >= 0.3 is 5.97 Å². The van der Waals surface area contributed by atoms with Crippen LogP contribution in [0, 0.1) is 0 Å². The second-order valence-corrected chi connectivity index (χ2v) is 4.83. The highest BCUT2D eigenvalue weighted by molar-refractivity contribution is 5.88. The van der Waals surface area contributed by atoms with Crippen molar-refractivity contribution in [3.63, 3.8) is 0 Å². The smallest absolute Gasteiger partial charge is 0.305 e. The molecule has 2 aromatic heterocycles. The number of hydrogen-bond donors (Lipinski definition) is 1. The van der Waals surface area contributed by atoms with Crippen LogP contribution < -0.4 is 10.3 Å². The van der Waals surface area contributed by atoms with Gasteiger partial charge < -0.3 is 14.4 Å². The fourth-order valence-electron chi connectivity index (χ4n) is 2.20. The summed E-state index contributed by atoms with van der Waals surface area (Å²) in [6, 6.07) is 7.00. The van der Waals surface area contributed by atoms with Crippen LogP contribution in [0.4, 0.5) is 0 Å². The van der Waals surface area contributed by atoms with E-state index >= 15 is 0 Å². The van der Waals surface area contributed by atoms with Crippen LogP contribution in [-0.2, 0) is 11.3 Å². The Hall–Kier alpha value is -3.16. The number of aryl methyl sites for hydroxylation is 1. The average molecular weight is 315 g/mol. The van der Waals surface area contributed by atoms with Crippen LogP contribution >= 0.6 is 0 Å². The lowest BCUT2D eigenvalue weighted by Crippen LogP contribution is -2.21. The summed E-state index contributed by atoms with van der Waals surface area (Å²) >= 11 is 0. The number of carbonyl (C=O) groups is 1. The van der Waals surface area contributed by atoms with Gasteiger partial charge in [0.15, 0.2) is 0 Å². The van der Waals surface area contributed by atoms with E-state index in [0.717, 1.165) is 0 Å². The second-order valence-electron chi connectivity index (χ2n) is 4.83. The van der Waals surface area contributed by atoms with Crippen molar-refractivity contribution in [3.05, 3.63) is 40.9 Å². The number of carboxylic acid groups (broad SMARTS) is 1. The number of rotatable bonds is 5. The lowest BCUT2D eigenvalue weighted by molar-refractivity contribution is -0.137. The molecule has 0 bridgehead atoms. The van der Waals surface area contributed by atoms with E-state index in [-0.39, 0.29) is 29.6 Å². The molecule has 23 heavy (non-hydrogen) atoms. The quantitative estimate of drug-likeness (QED) is 0.760. The first kappa shape index (κ1) is 14.8. The summed E-state index contributed by atoms with van der Waals surface area (Å²) in [7, 11) is 1.56. The highest BCUT2D eigenvalue weighted by Gasteiger charge is 2.17. The van der Waals surface area contributed by atoms with Crippen molar-refractivity contribution in [1.82, 2.24) is 14.7 Å². The number of benzene rings is 1. The van der Waals surface area contributed by atoms with Crippen LogP contribution in [0.25, 0.3) is 22.4 Å². The molecule has 2 heterocycles. The molecule has 0 aliphatic heterocycles. The van der Waals surface area contributed by atoms with Gasteiger partial charge in [-0.1, -0.05) is 5.16 Å². The molecule has 0 spiro atoms. The summed E-state index contributed by atoms with van der Waals surface area (Å²) in [5.41, 5.74) is 0.778. The van der Waals surface area contributed by atoms with E-state index in [1.807, 2.05) is 0 Å². The maximum Gasteiger partial charge on any atom is 0.305 e. The Kier molecular flexibility index (Phi) is 3.80. The standard InChI is InChI=1S/C15H13N3O5/c1-22-10-4-2-9(3-5-10)13-12-14(23-17-13)16-8-18(15(12)21)7-6-11(19)20/h2-5,8H,6-7H2,1H3,(H,19,20). The Morgan fingerprint density at radius 1 is 1.35 bits per heavy atom. The van der Waals surface area contributed by atoms with Crippen LogP contribution in [0.3, 0.4) is 0 Å². The van der Waals surface area contributed by atoms with E-state index in [4.69, 9.17) is 14.4 Å². The van der Waals surface area contributed by atoms with Crippen molar-refractivity contribution in [3.8, 4) is 17.0 Å². The molecule has 0 fully saturated rings. The zero-order chi connectivity index (χ0) is 16.4. The molecule has 0 saturated heterocycles. The number of fused-ring (bicyclic) bond motifs is 1. The molecule has 8 heteroatoms. The Bertz CT molecular complexity index is 911. The molecule has 0 aliphatic rings. The summed E-state index contributed by atoms with van der Waals surface area (Å²) in [5, 5.41) is 12.9. The van der Waals surface area contributed by atoms with Gasteiger partial charge in [0.1, 0.15) is 23.2 Å². The molecule has 0 radical (unpaired) electrons. The van der Waals surface area contributed by atoms with Crippen LogP contribution in [0.5, 0.6) is 5.75 Å². The Morgan fingerprint density at radius 2 is 2.09 bits per heavy atom. The van der Waals surface area contributed by atoms with Crippen molar-refractivity contribution in [1.29, 1.82) is 0 Å². The van der Waals surface area contributed by atoms with Gasteiger partial charge in [0.05, 0.1) is 13.5 Å². The Balaban J connectivity index is 2.08. The maximum atomic E-state index is 12.5. The summed E-state index contributed by atoms with van der Waals surface area (Å²) < 4.78 is 11.4. The van der Waals surface area contributed by atoms with Crippen molar-refractivity contribution in [2.24, 2.45) is 0 Å². The minimum Gasteiger partial charge on any atom is -0.497 e. The fraction of sp³-hybridized carbons (Fsp3) is 0.200.